The van der Waals surface area contributed by atoms with Crippen LogP contribution in [0.3, 0.4) is 0 Å². The lowest BCUT2D eigenvalue weighted by Crippen LogP contribution is -2.10. The second kappa shape index (κ2) is 11.0. The van der Waals surface area contributed by atoms with Crippen molar-refractivity contribution in [3.05, 3.63) is 65.2 Å². The van der Waals surface area contributed by atoms with Crippen LogP contribution in [-0.2, 0) is 27.5 Å². The standard InChI is InChI=1S/C22H24O7/c1-15(12-20(24)25)2-11-21(26)28-14-17-5-9-19(10-6-17)29-22(27)18-7-3-16(13-23)4-8-18/h3-10,15,23H,2,11-14H2,1H3,(H,24,25). The minimum absolute atomic E-state index is 0.0268. The third-order valence-electron chi connectivity index (χ3n) is 4.27. The van der Waals surface area contributed by atoms with Crippen molar-refractivity contribution < 1.29 is 34.1 Å². The fourth-order valence-corrected chi connectivity index (χ4v) is 2.57. The zero-order valence-electron chi connectivity index (χ0n) is 16.2. The molecule has 1 unspecified atom stereocenters. The van der Waals surface area contributed by atoms with Gasteiger partial charge in [-0.2, -0.15) is 0 Å². The van der Waals surface area contributed by atoms with Crippen LogP contribution in [0.5, 0.6) is 5.75 Å². The van der Waals surface area contributed by atoms with Gasteiger partial charge in [0.2, 0.25) is 0 Å². The normalized spacial score (nSPS) is 11.5. The minimum Gasteiger partial charge on any atom is -0.481 e. The van der Waals surface area contributed by atoms with E-state index in [1.54, 1.807) is 55.5 Å². The summed E-state index contributed by atoms with van der Waals surface area (Å²) in [6, 6.07) is 13.1. The number of carbonyl (C=O) groups excluding carboxylic acids is 2. The topological polar surface area (TPSA) is 110 Å². The van der Waals surface area contributed by atoms with Crippen LogP contribution in [0.25, 0.3) is 0 Å². The molecule has 0 heterocycles. The quantitative estimate of drug-likeness (QED) is 0.465. The van der Waals surface area contributed by atoms with Crippen LogP contribution in [0.4, 0.5) is 0 Å². The molecule has 0 amide bonds. The van der Waals surface area contributed by atoms with Crippen LogP contribution in [0.2, 0.25) is 0 Å². The summed E-state index contributed by atoms with van der Waals surface area (Å²) < 4.78 is 10.5. The predicted molar refractivity (Wildman–Crippen MR) is 104 cm³/mol. The van der Waals surface area contributed by atoms with Crippen molar-refractivity contribution in [2.24, 2.45) is 5.92 Å². The molecule has 2 aromatic carbocycles. The van der Waals surface area contributed by atoms with Crippen LogP contribution in [0.15, 0.2) is 48.5 Å². The van der Waals surface area contributed by atoms with Crippen molar-refractivity contribution in [2.75, 3.05) is 0 Å². The number of aliphatic hydroxyl groups is 1. The molecule has 0 saturated carbocycles. The lowest BCUT2D eigenvalue weighted by Gasteiger charge is -2.09. The Morgan fingerprint density at radius 1 is 0.966 bits per heavy atom. The molecule has 0 aliphatic heterocycles. The lowest BCUT2D eigenvalue weighted by molar-refractivity contribution is -0.146. The summed E-state index contributed by atoms with van der Waals surface area (Å²) in [5.74, 6) is -1.50. The van der Waals surface area contributed by atoms with E-state index >= 15 is 0 Å². The molecule has 0 aromatic heterocycles. The monoisotopic (exact) mass is 400 g/mol. The molecule has 154 valence electrons. The van der Waals surface area contributed by atoms with E-state index in [1.165, 1.54) is 0 Å². The van der Waals surface area contributed by atoms with Gasteiger partial charge in [-0.3, -0.25) is 9.59 Å². The average molecular weight is 400 g/mol. The van der Waals surface area contributed by atoms with Gasteiger partial charge in [0.25, 0.3) is 0 Å². The first-order chi connectivity index (χ1) is 13.9. The Kier molecular flexibility index (Phi) is 8.36. The summed E-state index contributed by atoms with van der Waals surface area (Å²) >= 11 is 0. The number of aliphatic carboxylic acids is 1. The number of carboxylic acids is 1. The van der Waals surface area contributed by atoms with Crippen LogP contribution >= 0.6 is 0 Å². The number of rotatable bonds is 10. The number of hydrogen-bond donors (Lipinski definition) is 2. The van der Waals surface area contributed by atoms with E-state index in [4.69, 9.17) is 19.7 Å². The molecule has 0 bridgehead atoms. The van der Waals surface area contributed by atoms with Crippen molar-refractivity contribution in [1.29, 1.82) is 0 Å². The molecule has 0 fully saturated rings. The Morgan fingerprint density at radius 3 is 2.17 bits per heavy atom. The summed E-state index contributed by atoms with van der Waals surface area (Å²) in [6.45, 7) is 1.77. The van der Waals surface area contributed by atoms with E-state index in [2.05, 4.69) is 0 Å². The van der Waals surface area contributed by atoms with E-state index in [1.807, 2.05) is 0 Å². The third-order valence-corrected chi connectivity index (χ3v) is 4.27. The van der Waals surface area contributed by atoms with E-state index in [-0.39, 0.29) is 37.9 Å². The van der Waals surface area contributed by atoms with Gasteiger partial charge in [0, 0.05) is 12.8 Å². The molecule has 0 saturated heterocycles. The first-order valence-corrected chi connectivity index (χ1v) is 9.25. The summed E-state index contributed by atoms with van der Waals surface area (Å²) in [7, 11) is 0. The number of ether oxygens (including phenoxy) is 2. The molecular weight excluding hydrogens is 376 g/mol. The summed E-state index contributed by atoms with van der Waals surface area (Å²) in [5, 5.41) is 17.7. The number of aliphatic hydroxyl groups excluding tert-OH is 1. The summed E-state index contributed by atoms with van der Waals surface area (Å²) in [6.07, 6.45) is 0.650. The second-order valence-electron chi connectivity index (χ2n) is 6.79. The molecule has 7 heteroatoms. The Balaban J connectivity index is 1.78. The van der Waals surface area contributed by atoms with Crippen molar-refractivity contribution in [2.45, 2.75) is 39.4 Å². The number of esters is 2. The van der Waals surface area contributed by atoms with E-state index < -0.39 is 11.9 Å². The highest BCUT2D eigenvalue weighted by molar-refractivity contribution is 5.91. The largest absolute Gasteiger partial charge is 0.481 e. The Bertz CT molecular complexity index is 825. The second-order valence-corrected chi connectivity index (χ2v) is 6.79. The molecule has 7 nitrogen and oxygen atoms in total. The van der Waals surface area contributed by atoms with Gasteiger partial charge in [0.05, 0.1) is 12.2 Å². The highest BCUT2D eigenvalue weighted by Gasteiger charge is 2.12. The van der Waals surface area contributed by atoms with Gasteiger partial charge in [-0.15, -0.1) is 0 Å². The van der Waals surface area contributed by atoms with Gasteiger partial charge in [-0.1, -0.05) is 31.2 Å². The Morgan fingerprint density at radius 2 is 1.59 bits per heavy atom. The highest BCUT2D eigenvalue weighted by Crippen LogP contribution is 2.16. The molecule has 2 N–H and O–H groups in total. The number of carboxylic acid groups (broad SMARTS) is 1. The maximum atomic E-state index is 12.1. The molecule has 0 radical (unpaired) electrons. The van der Waals surface area contributed by atoms with Gasteiger partial charge in [-0.25, -0.2) is 4.79 Å². The molecular formula is C22H24O7. The molecule has 0 aliphatic carbocycles. The molecule has 2 aromatic rings. The minimum atomic E-state index is -0.881. The number of carbonyl (C=O) groups is 3. The molecule has 0 spiro atoms. The van der Waals surface area contributed by atoms with Crippen LogP contribution in [-0.4, -0.2) is 28.1 Å². The fourth-order valence-electron chi connectivity index (χ4n) is 2.57. The van der Waals surface area contributed by atoms with E-state index in [0.717, 1.165) is 5.56 Å². The van der Waals surface area contributed by atoms with Gasteiger partial charge in [0.15, 0.2) is 0 Å². The Hall–Kier alpha value is -3.19. The van der Waals surface area contributed by atoms with Crippen LogP contribution < -0.4 is 4.74 Å². The fraction of sp³-hybridized carbons (Fsp3) is 0.318. The van der Waals surface area contributed by atoms with Gasteiger partial charge in [-0.05, 0) is 47.7 Å². The van der Waals surface area contributed by atoms with Crippen LogP contribution in [0.1, 0.15) is 47.7 Å². The van der Waals surface area contributed by atoms with Gasteiger partial charge in [0.1, 0.15) is 12.4 Å². The lowest BCUT2D eigenvalue weighted by atomic mass is 10.0. The first kappa shape index (κ1) is 22.1. The van der Waals surface area contributed by atoms with Crippen molar-refractivity contribution in [3.63, 3.8) is 0 Å². The smallest absolute Gasteiger partial charge is 0.343 e. The van der Waals surface area contributed by atoms with E-state index in [0.29, 0.717) is 23.3 Å². The molecule has 0 aliphatic rings. The van der Waals surface area contributed by atoms with E-state index in [9.17, 15) is 14.4 Å². The summed E-state index contributed by atoms with van der Waals surface area (Å²) in [5.41, 5.74) is 1.82. The maximum absolute atomic E-state index is 12.1. The third kappa shape index (κ3) is 7.75. The first-order valence-electron chi connectivity index (χ1n) is 9.25. The molecule has 29 heavy (non-hydrogen) atoms. The molecule has 2 rings (SSSR count). The summed E-state index contributed by atoms with van der Waals surface area (Å²) in [4.78, 5) is 34.5. The predicted octanol–water partition coefficient (Wildman–Crippen LogP) is 3.33. The Labute approximate surface area is 168 Å². The number of hydrogen-bond acceptors (Lipinski definition) is 6. The van der Waals surface area contributed by atoms with Gasteiger partial charge < -0.3 is 19.7 Å². The van der Waals surface area contributed by atoms with Crippen molar-refractivity contribution in [3.8, 4) is 5.75 Å². The van der Waals surface area contributed by atoms with Crippen LogP contribution in [0, 0.1) is 5.92 Å². The average Bonchev–Trinajstić information content (AvgIpc) is 2.71. The maximum Gasteiger partial charge on any atom is 0.343 e. The zero-order valence-corrected chi connectivity index (χ0v) is 16.2. The van der Waals surface area contributed by atoms with Gasteiger partial charge >= 0.3 is 17.9 Å². The zero-order chi connectivity index (χ0) is 21.2. The van der Waals surface area contributed by atoms with Crippen molar-refractivity contribution >= 4 is 17.9 Å². The van der Waals surface area contributed by atoms with Crippen molar-refractivity contribution in [1.82, 2.24) is 0 Å². The SMILES string of the molecule is CC(CCC(=O)OCc1ccc(OC(=O)c2ccc(CO)cc2)cc1)CC(=O)O. The molecule has 1 atom stereocenters. The highest BCUT2D eigenvalue weighted by atomic mass is 16.5. The number of benzene rings is 2.